The van der Waals surface area contributed by atoms with Crippen LogP contribution in [0, 0.1) is 0 Å². The van der Waals surface area contributed by atoms with Crippen molar-refractivity contribution in [2.75, 3.05) is 0 Å². The first kappa shape index (κ1) is 59.4. The monoisotopic (exact) mass is 1260 g/mol. The molecule has 0 aliphatic rings. The molecule has 4 heterocycles. The van der Waals surface area contributed by atoms with Gasteiger partial charge in [0.2, 0.25) is 0 Å². The molecule has 0 aliphatic carbocycles. The molecule has 0 bridgehead atoms. The van der Waals surface area contributed by atoms with E-state index in [2.05, 4.69) is 125 Å². The second-order valence-electron chi connectivity index (χ2n) is 23.3. The number of aromatic nitrogens is 12. The summed E-state index contributed by atoms with van der Waals surface area (Å²) in [5.41, 5.74) is 18.4. The summed E-state index contributed by atoms with van der Waals surface area (Å²) >= 11 is 0. The number of benzene rings is 12. The number of rotatable bonds is 16. The van der Waals surface area contributed by atoms with E-state index in [-0.39, 0.29) is 5.78 Å². The number of carbonyl (C=O) groups is 1. The van der Waals surface area contributed by atoms with Crippen molar-refractivity contribution in [1.82, 2.24) is 59.8 Å². The predicted octanol–water partition coefficient (Wildman–Crippen LogP) is 19.0. The molecule has 0 N–H and O–H groups in total. The summed E-state index contributed by atoms with van der Waals surface area (Å²) in [5.74, 6) is 4.34. The number of hydrogen-bond donors (Lipinski definition) is 0. The first-order chi connectivity index (χ1) is 48.4. The Labute approximate surface area is 564 Å². The molecular weight excluding hydrogens is 1210 g/mol. The lowest BCUT2D eigenvalue weighted by atomic mass is 9.86. The average molecular weight is 1260 g/mol. The van der Waals surface area contributed by atoms with Crippen LogP contribution in [0.15, 0.2) is 329 Å². The van der Waals surface area contributed by atoms with Gasteiger partial charge >= 0.3 is 0 Å². The zero-order valence-corrected chi connectivity index (χ0v) is 52.5. The van der Waals surface area contributed by atoms with Gasteiger partial charge in [-0.25, -0.2) is 59.8 Å². The molecule has 0 saturated carbocycles. The molecule has 13 nitrogen and oxygen atoms in total. The quantitative estimate of drug-likeness (QED) is 0.0838. The summed E-state index contributed by atoms with van der Waals surface area (Å²) in [6.45, 7) is 0. The molecule has 16 aromatic rings. The van der Waals surface area contributed by atoms with Gasteiger partial charge in [-0.05, 0) is 127 Å². The van der Waals surface area contributed by atoms with E-state index in [4.69, 9.17) is 19.9 Å². The van der Waals surface area contributed by atoms with Gasteiger partial charge in [0.25, 0.3) is 0 Å². The van der Waals surface area contributed by atoms with E-state index in [9.17, 15) is 0 Å². The van der Waals surface area contributed by atoms with Gasteiger partial charge in [-0.15, -0.1) is 0 Å². The van der Waals surface area contributed by atoms with Crippen LogP contribution in [-0.2, 0) is 0 Å². The lowest BCUT2D eigenvalue weighted by Crippen LogP contribution is -2.06. The third-order valence-electron chi connectivity index (χ3n) is 17.1. The lowest BCUT2D eigenvalue weighted by molar-refractivity contribution is 0.104. The van der Waals surface area contributed by atoms with E-state index in [0.29, 0.717) is 57.7 Å². The maximum Gasteiger partial charge on any atom is 0.194 e. The van der Waals surface area contributed by atoms with E-state index in [1.807, 2.05) is 218 Å². The molecule has 13 heteroatoms. The zero-order chi connectivity index (χ0) is 65.6. The van der Waals surface area contributed by atoms with Crippen molar-refractivity contribution in [1.29, 1.82) is 0 Å². The van der Waals surface area contributed by atoms with Gasteiger partial charge in [-0.1, -0.05) is 243 Å². The van der Waals surface area contributed by atoms with Crippen LogP contribution in [0.1, 0.15) is 15.9 Å². The number of carbonyl (C=O) groups excluding carboxylic acids is 1. The molecule has 0 saturated heterocycles. The second kappa shape index (κ2) is 26.8. The molecule has 4 aromatic heterocycles. The van der Waals surface area contributed by atoms with Crippen molar-refractivity contribution < 1.29 is 4.79 Å². The Morgan fingerprint density at radius 2 is 0.367 bits per heavy atom. The molecule has 0 radical (unpaired) electrons. The van der Waals surface area contributed by atoms with Crippen molar-refractivity contribution >= 4 is 5.78 Å². The molecule has 0 spiro atoms. The Morgan fingerprint density at radius 1 is 0.173 bits per heavy atom. The van der Waals surface area contributed by atoms with E-state index in [1.54, 1.807) is 25.3 Å². The third kappa shape index (κ3) is 12.6. The smallest absolute Gasteiger partial charge is 0.194 e. The highest BCUT2D eigenvalue weighted by molar-refractivity contribution is 6.16. The third-order valence-corrected chi connectivity index (χ3v) is 17.1. The van der Waals surface area contributed by atoms with Crippen molar-refractivity contribution in [3.8, 4) is 158 Å². The summed E-state index contributed by atoms with van der Waals surface area (Å²) in [6, 6.07) is 101. The predicted molar refractivity (Wildman–Crippen MR) is 386 cm³/mol. The summed E-state index contributed by atoms with van der Waals surface area (Å²) in [5, 5.41) is 0. The first-order valence-corrected chi connectivity index (χ1v) is 31.9. The Kier molecular flexibility index (Phi) is 16.2. The molecular formula is C85H54N12O. The van der Waals surface area contributed by atoms with Crippen LogP contribution in [0.5, 0.6) is 0 Å². The zero-order valence-electron chi connectivity index (χ0n) is 52.5. The topological polar surface area (TPSA) is 172 Å². The maximum absolute atomic E-state index is 16.1. The standard InChI is InChI=1S/C85H54N12O/c98-77(75-39-15-13-37-73(75)71-47-67(59-29-17-33-63(41-59)82-90-51-86-78(94-82)55-21-5-1-6-22-55)45-68(48-71)60-30-18-34-64(42-60)83-91-52-87-79(95-83)56-23-7-2-8-24-56)76-40-16-14-38-74(76)72-49-69(61-31-19-35-65(43-61)84-92-53-88-80(96-84)57-25-9-3-10-26-57)46-70(50-72)62-32-20-36-66(44-62)85-93-54-89-81(97-85)58-27-11-4-12-28-58/h1-54H. The fourth-order valence-electron chi connectivity index (χ4n) is 12.2. The highest BCUT2D eigenvalue weighted by Crippen LogP contribution is 2.41. The van der Waals surface area contributed by atoms with Crippen LogP contribution < -0.4 is 0 Å². The van der Waals surface area contributed by atoms with Crippen LogP contribution in [0.3, 0.4) is 0 Å². The number of nitrogens with zero attached hydrogens (tertiary/aromatic N) is 12. The van der Waals surface area contributed by atoms with E-state index in [0.717, 1.165) is 111 Å². The maximum atomic E-state index is 16.1. The van der Waals surface area contributed by atoms with Crippen LogP contribution in [-0.4, -0.2) is 65.6 Å². The summed E-state index contributed by atoms with van der Waals surface area (Å²) in [7, 11) is 0. The minimum Gasteiger partial charge on any atom is -0.289 e. The van der Waals surface area contributed by atoms with Gasteiger partial charge in [0.1, 0.15) is 25.3 Å². The lowest BCUT2D eigenvalue weighted by Gasteiger charge is -2.17. The fraction of sp³-hybridized carbons (Fsp3) is 0. The van der Waals surface area contributed by atoms with E-state index < -0.39 is 0 Å². The first-order valence-electron chi connectivity index (χ1n) is 31.9. The molecule has 460 valence electrons. The van der Waals surface area contributed by atoms with E-state index >= 15 is 4.79 Å². The Bertz CT molecular complexity index is 4990. The Hall–Kier alpha value is -13.7. The molecule has 0 amide bonds. The summed E-state index contributed by atoms with van der Waals surface area (Å²) in [4.78, 5) is 72.6. The van der Waals surface area contributed by atoms with Gasteiger partial charge in [0, 0.05) is 55.6 Å². The largest absolute Gasteiger partial charge is 0.289 e. The average Bonchev–Trinajstić information content (AvgIpc) is 0.776. The molecule has 0 atom stereocenters. The van der Waals surface area contributed by atoms with Crippen LogP contribution in [0.2, 0.25) is 0 Å². The van der Waals surface area contributed by atoms with Gasteiger partial charge in [-0.2, -0.15) is 0 Å². The summed E-state index contributed by atoms with van der Waals surface area (Å²) < 4.78 is 0. The minimum absolute atomic E-state index is 0.149. The molecule has 12 aromatic carbocycles. The number of hydrogen-bond acceptors (Lipinski definition) is 13. The molecule has 16 rings (SSSR count). The highest BCUT2D eigenvalue weighted by atomic mass is 16.1. The van der Waals surface area contributed by atoms with Gasteiger partial charge in [0.05, 0.1) is 0 Å². The fourth-order valence-corrected chi connectivity index (χ4v) is 12.2. The van der Waals surface area contributed by atoms with Crippen molar-refractivity contribution in [3.63, 3.8) is 0 Å². The Balaban J connectivity index is 0.816. The SMILES string of the molecule is O=C(c1ccccc1-c1cc(-c2cccc(-c3ncnc(-c4ccccc4)n3)c2)cc(-c2cccc(-c3ncnc(-c4ccccc4)n3)c2)c1)c1ccccc1-c1cc(-c2cccc(-c3ncnc(-c4ccccc4)n3)c2)cc(-c2cccc(-c3ncnc(-c4ccccc4)n3)c2)c1. The van der Waals surface area contributed by atoms with Gasteiger partial charge in [-0.3, -0.25) is 4.79 Å². The van der Waals surface area contributed by atoms with Gasteiger partial charge in [0.15, 0.2) is 52.4 Å². The summed E-state index contributed by atoms with van der Waals surface area (Å²) in [6.07, 6.45) is 6.22. The van der Waals surface area contributed by atoms with E-state index in [1.165, 1.54) is 0 Å². The van der Waals surface area contributed by atoms with Crippen molar-refractivity contribution in [2.45, 2.75) is 0 Å². The van der Waals surface area contributed by atoms with Gasteiger partial charge < -0.3 is 0 Å². The second-order valence-corrected chi connectivity index (χ2v) is 23.3. The van der Waals surface area contributed by atoms with Crippen LogP contribution >= 0.6 is 0 Å². The van der Waals surface area contributed by atoms with Crippen molar-refractivity contribution in [2.24, 2.45) is 0 Å². The molecule has 0 fully saturated rings. The molecule has 98 heavy (non-hydrogen) atoms. The normalized spacial score (nSPS) is 11.1. The minimum atomic E-state index is -0.149. The molecule has 0 unspecified atom stereocenters. The Morgan fingerprint density at radius 3 is 0.633 bits per heavy atom. The van der Waals surface area contributed by atoms with Crippen LogP contribution in [0.4, 0.5) is 0 Å². The highest BCUT2D eigenvalue weighted by Gasteiger charge is 2.22. The number of ketones is 1. The molecule has 0 aliphatic heterocycles. The van der Waals surface area contributed by atoms with Crippen LogP contribution in [0.25, 0.3) is 158 Å². The van der Waals surface area contributed by atoms with Crippen molar-refractivity contribution in [3.05, 3.63) is 340 Å².